The molecule has 0 radical (unpaired) electrons. The SMILES string of the molecule is O=S(=O)(Nc1cccc(C(F)(F)F)c1)c1cnc(Cl)s1. The van der Waals surface area contributed by atoms with Gasteiger partial charge in [0, 0.05) is 5.69 Å². The van der Waals surface area contributed by atoms with Crippen molar-refractivity contribution in [2.75, 3.05) is 4.72 Å². The highest BCUT2D eigenvalue weighted by Crippen LogP contribution is 2.31. The van der Waals surface area contributed by atoms with E-state index in [4.69, 9.17) is 11.6 Å². The third kappa shape index (κ3) is 3.41. The minimum absolute atomic E-state index is 0.0226. The molecule has 1 heterocycles. The number of anilines is 1. The molecule has 4 nitrogen and oxygen atoms in total. The minimum Gasteiger partial charge on any atom is -0.279 e. The van der Waals surface area contributed by atoms with Crippen LogP contribution < -0.4 is 4.72 Å². The summed E-state index contributed by atoms with van der Waals surface area (Å²) in [6.07, 6.45) is -3.52. The van der Waals surface area contributed by atoms with Crippen LogP contribution in [-0.2, 0) is 16.2 Å². The predicted molar refractivity (Wildman–Crippen MR) is 69.4 cm³/mol. The minimum atomic E-state index is -4.55. The maximum Gasteiger partial charge on any atom is 0.416 e. The smallest absolute Gasteiger partial charge is 0.279 e. The van der Waals surface area contributed by atoms with Crippen molar-refractivity contribution in [3.63, 3.8) is 0 Å². The van der Waals surface area contributed by atoms with Gasteiger partial charge in [0.2, 0.25) is 0 Å². The van der Waals surface area contributed by atoms with Crippen LogP contribution >= 0.6 is 22.9 Å². The van der Waals surface area contributed by atoms with E-state index in [9.17, 15) is 21.6 Å². The number of halogens is 4. The molecule has 0 unspecified atom stereocenters. The third-order valence-corrected chi connectivity index (χ3v) is 5.12. The van der Waals surface area contributed by atoms with E-state index in [1.807, 2.05) is 4.72 Å². The van der Waals surface area contributed by atoms with Crippen molar-refractivity contribution in [2.45, 2.75) is 10.4 Å². The zero-order valence-corrected chi connectivity index (χ0v) is 11.9. The number of hydrogen-bond donors (Lipinski definition) is 1. The van der Waals surface area contributed by atoms with Crippen LogP contribution in [0.4, 0.5) is 18.9 Å². The molecule has 0 bridgehead atoms. The summed E-state index contributed by atoms with van der Waals surface area (Å²) in [5, 5.41) is 0. The van der Waals surface area contributed by atoms with Crippen molar-refractivity contribution in [3.8, 4) is 0 Å². The number of sulfonamides is 1. The molecule has 0 fully saturated rings. The van der Waals surface area contributed by atoms with Gasteiger partial charge in [0.1, 0.15) is 0 Å². The molecule has 20 heavy (non-hydrogen) atoms. The second-order valence-corrected chi connectivity index (χ2v) is 7.14. The van der Waals surface area contributed by atoms with Crippen molar-refractivity contribution in [3.05, 3.63) is 40.5 Å². The van der Waals surface area contributed by atoms with Gasteiger partial charge in [-0.2, -0.15) is 13.2 Å². The first-order valence-corrected chi connectivity index (χ1v) is 7.68. The maximum atomic E-state index is 12.5. The number of nitrogens with one attached hydrogen (secondary N) is 1. The summed E-state index contributed by atoms with van der Waals surface area (Å²) >= 11 is 6.23. The monoisotopic (exact) mass is 342 g/mol. The van der Waals surface area contributed by atoms with Gasteiger partial charge in [-0.3, -0.25) is 4.72 Å². The summed E-state index contributed by atoms with van der Waals surface area (Å²) in [6.45, 7) is 0. The van der Waals surface area contributed by atoms with Gasteiger partial charge in [-0.15, -0.1) is 0 Å². The summed E-state index contributed by atoms with van der Waals surface area (Å²) in [5.41, 5.74) is -1.13. The standard InChI is InChI=1S/C10H6ClF3N2O2S2/c11-9-15-5-8(19-9)20(17,18)16-7-3-1-2-6(4-7)10(12,13)14/h1-5,16H. The van der Waals surface area contributed by atoms with Crippen LogP contribution in [0.1, 0.15) is 5.56 Å². The Hall–Kier alpha value is -1.32. The largest absolute Gasteiger partial charge is 0.416 e. The van der Waals surface area contributed by atoms with Gasteiger partial charge in [-0.05, 0) is 18.2 Å². The van der Waals surface area contributed by atoms with Crippen molar-refractivity contribution in [1.82, 2.24) is 4.98 Å². The van der Waals surface area contributed by atoms with Crippen LogP contribution in [0, 0.1) is 0 Å². The van der Waals surface area contributed by atoms with E-state index >= 15 is 0 Å². The molecule has 1 aromatic carbocycles. The molecule has 2 aromatic rings. The number of thiazole rings is 1. The molecule has 108 valence electrons. The second-order valence-electron chi connectivity index (χ2n) is 3.62. The highest BCUT2D eigenvalue weighted by Gasteiger charge is 2.30. The molecular formula is C10H6ClF3N2O2S2. The van der Waals surface area contributed by atoms with E-state index in [2.05, 4.69) is 4.98 Å². The Kier molecular flexibility index (Phi) is 3.94. The van der Waals surface area contributed by atoms with E-state index in [0.29, 0.717) is 17.4 Å². The van der Waals surface area contributed by atoms with Crippen molar-refractivity contribution < 1.29 is 21.6 Å². The highest BCUT2D eigenvalue weighted by molar-refractivity contribution is 7.94. The molecule has 10 heteroatoms. The molecule has 0 atom stereocenters. The van der Waals surface area contributed by atoms with Crippen LogP contribution in [0.15, 0.2) is 34.7 Å². The zero-order valence-electron chi connectivity index (χ0n) is 9.48. The number of aromatic nitrogens is 1. The molecule has 0 aliphatic heterocycles. The summed E-state index contributed by atoms with van der Waals surface area (Å²) in [6, 6.07) is 3.89. The lowest BCUT2D eigenvalue weighted by Crippen LogP contribution is -2.12. The van der Waals surface area contributed by atoms with E-state index in [1.54, 1.807) is 0 Å². The number of rotatable bonds is 3. The van der Waals surface area contributed by atoms with E-state index < -0.39 is 21.8 Å². The number of hydrogen-bond acceptors (Lipinski definition) is 4. The lowest BCUT2D eigenvalue weighted by molar-refractivity contribution is -0.137. The van der Waals surface area contributed by atoms with Gasteiger partial charge >= 0.3 is 6.18 Å². The quantitative estimate of drug-likeness (QED) is 0.926. The molecule has 0 amide bonds. The van der Waals surface area contributed by atoms with Gasteiger partial charge < -0.3 is 0 Å². The van der Waals surface area contributed by atoms with Gasteiger partial charge in [0.15, 0.2) is 8.68 Å². The second kappa shape index (κ2) is 5.23. The van der Waals surface area contributed by atoms with Gasteiger partial charge in [-0.1, -0.05) is 29.0 Å². The third-order valence-electron chi connectivity index (χ3n) is 2.16. The predicted octanol–water partition coefficient (Wildman–Crippen LogP) is 3.62. The van der Waals surface area contributed by atoms with Crippen LogP contribution in [0.5, 0.6) is 0 Å². The Balaban J connectivity index is 2.31. The Bertz CT molecular complexity index is 728. The Morgan fingerprint density at radius 2 is 2.00 bits per heavy atom. The van der Waals surface area contributed by atoms with Crippen molar-refractivity contribution in [1.29, 1.82) is 0 Å². The molecule has 0 spiro atoms. The Labute approximate surface area is 121 Å². The van der Waals surface area contributed by atoms with Crippen molar-refractivity contribution >= 4 is 38.6 Å². The number of alkyl halides is 3. The summed E-state index contributed by atoms with van der Waals surface area (Å²) in [7, 11) is -4.00. The molecular weight excluding hydrogens is 337 g/mol. The molecule has 1 N–H and O–H groups in total. The molecule has 1 aromatic heterocycles. The average Bonchev–Trinajstić information content (AvgIpc) is 2.75. The Morgan fingerprint density at radius 3 is 2.55 bits per heavy atom. The van der Waals surface area contributed by atoms with Crippen LogP contribution in [0.3, 0.4) is 0 Å². The molecule has 2 rings (SSSR count). The molecule has 0 aliphatic rings. The normalized spacial score (nSPS) is 12.4. The van der Waals surface area contributed by atoms with Crippen molar-refractivity contribution in [2.24, 2.45) is 0 Å². The summed E-state index contributed by atoms with van der Waals surface area (Å²) < 4.78 is 63.3. The lowest BCUT2D eigenvalue weighted by atomic mass is 10.2. The lowest BCUT2D eigenvalue weighted by Gasteiger charge is -2.10. The topological polar surface area (TPSA) is 59.1 Å². The summed E-state index contributed by atoms with van der Waals surface area (Å²) in [4.78, 5) is 3.57. The van der Waals surface area contributed by atoms with Gasteiger partial charge in [-0.25, -0.2) is 13.4 Å². The summed E-state index contributed by atoms with van der Waals surface area (Å²) in [5.74, 6) is 0. The van der Waals surface area contributed by atoms with E-state index in [0.717, 1.165) is 18.3 Å². The fraction of sp³-hybridized carbons (Fsp3) is 0.100. The first-order chi connectivity index (χ1) is 9.18. The number of nitrogens with zero attached hydrogens (tertiary/aromatic N) is 1. The average molecular weight is 343 g/mol. The molecule has 0 saturated heterocycles. The maximum absolute atomic E-state index is 12.5. The molecule has 0 aliphatic carbocycles. The van der Waals surface area contributed by atoms with Gasteiger partial charge in [0.25, 0.3) is 10.0 Å². The van der Waals surface area contributed by atoms with E-state index in [-0.39, 0.29) is 14.4 Å². The highest BCUT2D eigenvalue weighted by atomic mass is 35.5. The molecule has 0 saturated carbocycles. The fourth-order valence-corrected chi connectivity index (χ4v) is 3.67. The van der Waals surface area contributed by atoms with Gasteiger partial charge in [0.05, 0.1) is 11.8 Å². The van der Waals surface area contributed by atoms with Crippen LogP contribution in [-0.4, -0.2) is 13.4 Å². The zero-order chi connectivity index (χ0) is 15.0. The number of benzene rings is 1. The van der Waals surface area contributed by atoms with Crippen LogP contribution in [0.2, 0.25) is 4.47 Å². The van der Waals surface area contributed by atoms with Crippen LogP contribution in [0.25, 0.3) is 0 Å². The first-order valence-electron chi connectivity index (χ1n) is 5.00. The van der Waals surface area contributed by atoms with E-state index in [1.165, 1.54) is 6.07 Å². The Morgan fingerprint density at radius 1 is 1.30 bits per heavy atom. The fourth-order valence-electron chi connectivity index (χ4n) is 1.33. The first kappa shape index (κ1) is 15.1.